The number of nitrogens with zero attached hydrogens (tertiary/aromatic N) is 2. The van der Waals surface area contributed by atoms with Crippen LogP contribution in [-0.2, 0) is 4.79 Å². The lowest BCUT2D eigenvalue weighted by Crippen LogP contribution is -2.33. The molecule has 2 heterocycles. The van der Waals surface area contributed by atoms with Gasteiger partial charge >= 0.3 is 0 Å². The average molecular weight is 404 g/mol. The van der Waals surface area contributed by atoms with Gasteiger partial charge in [0, 0.05) is 5.02 Å². The van der Waals surface area contributed by atoms with Crippen molar-refractivity contribution in [1.29, 1.82) is 0 Å². The number of hydrazine groups is 1. The lowest BCUT2D eigenvalue weighted by Gasteiger charge is -2.14. The standard InChI is InChI=1S/C17H10ClN3OS3/c18-11-7-5-10(6-8-11)9-14-15(22)21(17(23)25-14)20-16-19-12-3-1-2-4-13(12)24-16/h1-9H,(H,19,20)/b14-9+. The van der Waals surface area contributed by atoms with Gasteiger partial charge < -0.3 is 0 Å². The van der Waals surface area contributed by atoms with Crippen LogP contribution in [0, 0.1) is 0 Å². The van der Waals surface area contributed by atoms with E-state index in [9.17, 15) is 4.79 Å². The highest BCUT2D eigenvalue weighted by Gasteiger charge is 2.33. The van der Waals surface area contributed by atoms with E-state index in [1.807, 2.05) is 36.4 Å². The van der Waals surface area contributed by atoms with E-state index < -0.39 is 0 Å². The molecule has 0 spiro atoms. The number of aromatic nitrogens is 1. The van der Waals surface area contributed by atoms with Crippen LogP contribution in [0.5, 0.6) is 0 Å². The van der Waals surface area contributed by atoms with Crippen molar-refractivity contribution in [3.63, 3.8) is 0 Å². The maximum Gasteiger partial charge on any atom is 0.285 e. The summed E-state index contributed by atoms with van der Waals surface area (Å²) in [5, 5.41) is 2.65. The first-order chi connectivity index (χ1) is 12.1. The summed E-state index contributed by atoms with van der Waals surface area (Å²) < 4.78 is 1.50. The molecule has 1 N–H and O–H groups in total. The Morgan fingerprint density at radius 2 is 1.92 bits per heavy atom. The van der Waals surface area contributed by atoms with Gasteiger partial charge in [0.1, 0.15) is 0 Å². The molecule has 1 aromatic heterocycles. The number of thiazole rings is 1. The first-order valence-electron chi connectivity index (χ1n) is 7.26. The second-order valence-electron chi connectivity index (χ2n) is 5.17. The number of thioether (sulfide) groups is 1. The van der Waals surface area contributed by atoms with Crippen molar-refractivity contribution in [3.05, 3.63) is 64.0 Å². The van der Waals surface area contributed by atoms with Crippen LogP contribution in [0.2, 0.25) is 5.02 Å². The molecule has 0 unspecified atom stereocenters. The number of para-hydroxylation sites is 1. The Bertz CT molecular complexity index is 980. The van der Waals surface area contributed by atoms with Gasteiger partial charge in [-0.15, -0.1) is 0 Å². The first-order valence-corrected chi connectivity index (χ1v) is 9.68. The number of nitrogens with one attached hydrogen (secondary N) is 1. The van der Waals surface area contributed by atoms with Crippen molar-refractivity contribution < 1.29 is 4.79 Å². The number of hydrogen-bond acceptors (Lipinski definition) is 6. The van der Waals surface area contributed by atoms with Crippen LogP contribution in [-0.4, -0.2) is 20.2 Å². The van der Waals surface area contributed by atoms with E-state index in [2.05, 4.69) is 10.4 Å². The van der Waals surface area contributed by atoms with Crippen molar-refractivity contribution in [1.82, 2.24) is 9.99 Å². The predicted molar refractivity (Wildman–Crippen MR) is 110 cm³/mol. The summed E-state index contributed by atoms with van der Waals surface area (Å²) in [7, 11) is 0. The minimum atomic E-state index is -0.191. The van der Waals surface area contributed by atoms with Crippen molar-refractivity contribution in [2.24, 2.45) is 0 Å². The van der Waals surface area contributed by atoms with Crippen LogP contribution in [0.4, 0.5) is 5.13 Å². The number of halogens is 1. The number of anilines is 1. The number of fused-ring (bicyclic) bond motifs is 1. The van der Waals surface area contributed by atoms with Crippen LogP contribution in [0.15, 0.2) is 53.4 Å². The van der Waals surface area contributed by atoms with Gasteiger partial charge in [0.15, 0.2) is 4.32 Å². The molecule has 1 amide bonds. The zero-order valence-electron chi connectivity index (χ0n) is 12.6. The number of carbonyl (C=O) groups is 1. The van der Waals surface area contributed by atoms with E-state index >= 15 is 0 Å². The van der Waals surface area contributed by atoms with Gasteiger partial charge in [0.2, 0.25) is 5.13 Å². The Morgan fingerprint density at radius 1 is 1.16 bits per heavy atom. The maximum atomic E-state index is 12.6. The van der Waals surface area contributed by atoms with Crippen molar-refractivity contribution in [2.75, 3.05) is 5.43 Å². The van der Waals surface area contributed by atoms with Crippen molar-refractivity contribution in [2.45, 2.75) is 0 Å². The Kier molecular flexibility index (Phi) is 4.47. The largest absolute Gasteiger partial charge is 0.285 e. The van der Waals surface area contributed by atoms with Crippen LogP contribution >= 0.6 is 46.9 Å². The van der Waals surface area contributed by atoms with Gasteiger partial charge in [0.05, 0.1) is 15.1 Å². The topological polar surface area (TPSA) is 45.2 Å². The quantitative estimate of drug-likeness (QED) is 0.482. The highest BCUT2D eigenvalue weighted by atomic mass is 35.5. The number of benzene rings is 2. The first kappa shape index (κ1) is 16.5. The summed E-state index contributed by atoms with van der Waals surface area (Å²) in [6.45, 7) is 0. The molecule has 0 bridgehead atoms. The van der Waals surface area contributed by atoms with Crippen molar-refractivity contribution in [3.8, 4) is 0 Å². The molecule has 0 radical (unpaired) electrons. The maximum absolute atomic E-state index is 12.6. The van der Waals surface area contributed by atoms with E-state index in [1.54, 1.807) is 18.2 Å². The van der Waals surface area contributed by atoms with Gasteiger partial charge in [-0.2, -0.15) is 5.01 Å². The van der Waals surface area contributed by atoms with E-state index in [-0.39, 0.29) is 5.91 Å². The third-order valence-electron chi connectivity index (χ3n) is 3.46. The molecular formula is C17H10ClN3OS3. The van der Waals surface area contributed by atoms with Crippen LogP contribution in [0.1, 0.15) is 5.56 Å². The number of thiocarbonyl (C=S) groups is 1. The smallest absolute Gasteiger partial charge is 0.266 e. The third kappa shape index (κ3) is 3.41. The number of amides is 1. The molecule has 0 saturated carbocycles. The fourth-order valence-electron chi connectivity index (χ4n) is 2.29. The molecule has 124 valence electrons. The van der Waals surface area contributed by atoms with Gasteiger partial charge in [-0.05, 0) is 48.1 Å². The Balaban J connectivity index is 1.57. The monoisotopic (exact) mass is 403 g/mol. The number of rotatable bonds is 3. The van der Waals surface area contributed by atoms with E-state index in [0.29, 0.717) is 19.4 Å². The number of hydrogen-bond donors (Lipinski definition) is 1. The highest BCUT2D eigenvalue weighted by Crippen LogP contribution is 2.34. The second-order valence-corrected chi connectivity index (χ2v) is 8.31. The molecule has 4 rings (SSSR count). The molecule has 1 fully saturated rings. The van der Waals surface area contributed by atoms with Gasteiger partial charge in [0.25, 0.3) is 5.91 Å². The molecule has 1 saturated heterocycles. The van der Waals surface area contributed by atoms with Gasteiger partial charge in [-0.1, -0.05) is 59.0 Å². The minimum absolute atomic E-state index is 0.191. The Hall–Kier alpha value is -1.93. The molecular weight excluding hydrogens is 394 g/mol. The molecule has 0 atom stereocenters. The van der Waals surface area contributed by atoms with Crippen LogP contribution in [0.25, 0.3) is 16.3 Å². The summed E-state index contributed by atoms with van der Waals surface area (Å²) >= 11 is 14.0. The van der Waals surface area contributed by atoms with E-state index in [1.165, 1.54) is 28.1 Å². The zero-order chi connectivity index (χ0) is 17.4. The van der Waals surface area contributed by atoms with Crippen molar-refractivity contribution >= 4 is 78.6 Å². The molecule has 3 aromatic rings. The zero-order valence-corrected chi connectivity index (χ0v) is 15.8. The lowest BCUT2D eigenvalue weighted by atomic mass is 10.2. The fourth-order valence-corrected chi connectivity index (χ4v) is 4.45. The Labute approximate surface area is 162 Å². The second kappa shape index (κ2) is 6.76. The van der Waals surface area contributed by atoms with E-state index in [0.717, 1.165) is 15.8 Å². The normalized spacial score (nSPS) is 16.2. The summed E-state index contributed by atoms with van der Waals surface area (Å²) in [5.74, 6) is -0.191. The van der Waals surface area contributed by atoms with E-state index in [4.69, 9.17) is 23.8 Å². The van der Waals surface area contributed by atoms with Gasteiger partial charge in [-0.25, -0.2) is 4.98 Å². The summed E-state index contributed by atoms with van der Waals surface area (Å²) in [5.41, 5.74) is 4.80. The molecule has 1 aliphatic heterocycles. The molecule has 25 heavy (non-hydrogen) atoms. The molecule has 2 aromatic carbocycles. The number of carbonyl (C=O) groups excluding carboxylic acids is 1. The van der Waals surface area contributed by atoms with Crippen LogP contribution < -0.4 is 5.43 Å². The summed E-state index contributed by atoms with van der Waals surface area (Å²) in [6.07, 6.45) is 1.80. The lowest BCUT2D eigenvalue weighted by molar-refractivity contribution is -0.121. The van der Waals surface area contributed by atoms with Crippen LogP contribution in [0.3, 0.4) is 0 Å². The summed E-state index contributed by atoms with van der Waals surface area (Å²) in [4.78, 5) is 17.7. The molecule has 1 aliphatic rings. The minimum Gasteiger partial charge on any atom is -0.266 e. The molecule has 0 aliphatic carbocycles. The molecule has 8 heteroatoms. The summed E-state index contributed by atoms with van der Waals surface area (Å²) in [6, 6.07) is 15.1. The Morgan fingerprint density at radius 3 is 2.68 bits per heavy atom. The average Bonchev–Trinajstić information content (AvgIpc) is 3.13. The predicted octanol–water partition coefficient (Wildman–Crippen LogP) is 5.18. The third-order valence-corrected chi connectivity index (χ3v) is 5.96. The SMILES string of the molecule is O=C1/C(=C\c2ccc(Cl)cc2)SC(=S)N1Nc1nc2ccccc2s1. The highest BCUT2D eigenvalue weighted by molar-refractivity contribution is 8.26. The molecule has 4 nitrogen and oxygen atoms in total. The van der Waals surface area contributed by atoms with Gasteiger partial charge in [-0.3, -0.25) is 10.2 Å². The fraction of sp³-hybridized carbons (Fsp3) is 0.